The second-order valence-electron chi connectivity index (χ2n) is 12.6. The Kier molecular flexibility index (Phi) is 8.97. The summed E-state index contributed by atoms with van der Waals surface area (Å²) >= 11 is 1.25. The lowest BCUT2D eigenvalue weighted by atomic mass is 9.78. The van der Waals surface area contributed by atoms with Crippen LogP contribution >= 0.6 is 11.3 Å². The molecule has 2 aromatic carbocycles. The Balaban J connectivity index is 2.05. The lowest BCUT2D eigenvalue weighted by Gasteiger charge is -2.27. The van der Waals surface area contributed by atoms with Gasteiger partial charge in [0.05, 0.1) is 36.1 Å². The molecule has 0 radical (unpaired) electrons. The third-order valence-electron chi connectivity index (χ3n) is 7.38. The second kappa shape index (κ2) is 12.0. The lowest BCUT2D eigenvalue weighted by molar-refractivity contribution is -0.139. The van der Waals surface area contributed by atoms with Crippen LogP contribution in [0.2, 0.25) is 0 Å². The minimum atomic E-state index is -0.843. The summed E-state index contributed by atoms with van der Waals surface area (Å²) in [5.74, 6) is 0.672. The molecule has 0 fully saturated rings. The van der Waals surface area contributed by atoms with Crippen LogP contribution in [0.4, 0.5) is 0 Å². The number of methoxy groups -OCH3 is 1. The van der Waals surface area contributed by atoms with Gasteiger partial charge < -0.3 is 19.3 Å². The van der Waals surface area contributed by atoms with Gasteiger partial charge >= 0.3 is 5.97 Å². The quantitative estimate of drug-likeness (QED) is 0.357. The number of thiazole rings is 1. The zero-order chi connectivity index (χ0) is 31.9. The number of carbonyl (C=O) groups excluding carboxylic acids is 1. The number of hydrogen-bond acceptors (Lipinski definition) is 8. The number of phenols is 1. The Hall–Kier alpha value is -3.85. The smallest absolute Gasteiger partial charge is 0.338 e. The van der Waals surface area contributed by atoms with Crippen LogP contribution < -0.4 is 24.4 Å². The monoisotopic (exact) mass is 606 g/mol. The van der Waals surface area contributed by atoms with E-state index in [-0.39, 0.29) is 34.3 Å². The third kappa shape index (κ3) is 6.13. The number of benzene rings is 2. The van der Waals surface area contributed by atoms with Gasteiger partial charge in [-0.15, -0.1) is 0 Å². The molecule has 3 aromatic rings. The molecule has 4 rings (SSSR count). The average Bonchev–Trinajstić information content (AvgIpc) is 3.21. The van der Waals surface area contributed by atoms with Gasteiger partial charge in [0.15, 0.2) is 16.3 Å². The summed E-state index contributed by atoms with van der Waals surface area (Å²) in [6, 6.07) is 8.45. The molecule has 2 heterocycles. The van der Waals surface area contributed by atoms with E-state index in [0.29, 0.717) is 38.7 Å². The molecule has 43 heavy (non-hydrogen) atoms. The maximum Gasteiger partial charge on any atom is 0.338 e. The maximum atomic E-state index is 14.3. The lowest BCUT2D eigenvalue weighted by Crippen LogP contribution is -2.40. The largest absolute Gasteiger partial charge is 0.507 e. The molecule has 9 heteroatoms. The van der Waals surface area contributed by atoms with Crippen molar-refractivity contribution < 1.29 is 24.1 Å². The van der Waals surface area contributed by atoms with Gasteiger partial charge in [-0.3, -0.25) is 9.36 Å². The van der Waals surface area contributed by atoms with Gasteiger partial charge in [-0.1, -0.05) is 65.0 Å². The Morgan fingerprint density at radius 2 is 1.70 bits per heavy atom. The number of allylic oxidation sites excluding steroid dienone is 1. The maximum absolute atomic E-state index is 14.3. The SMILES string of the molecule is CCOC(=O)C1=C(C)N=c2sc(=Cc3cc(C(C)(C)C)c(O)c(C(C)(C)C)c3)c(=O)n2[C@H]1c1cccc(OC)c1OCC. The Labute approximate surface area is 257 Å². The van der Waals surface area contributed by atoms with Crippen molar-refractivity contribution >= 4 is 23.4 Å². The van der Waals surface area contributed by atoms with Gasteiger partial charge in [-0.2, -0.15) is 0 Å². The van der Waals surface area contributed by atoms with Crippen molar-refractivity contribution in [2.45, 2.75) is 79.2 Å². The first-order valence-electron chi connectivity index (χ1n) is 14.5. The third-order valence-corrected chi connectivity index (χ3v) is 8.36. The number of rotatable bonds is 7. The van der Waals surface area contributed by atoms with Crippen molar-refractivity contribution in [2.75, 3.05) is 20.3 Å². The number of ether oxygens (including phenoxy) is 3. The van der Waals surface area contributed by atoms with Crippen molar-refractivity contribution in [3.05, 3.63) is 83.5 Å². The topological polar surface area (TPSA) is 99.4 Å². The van der Waals surface area contributed by atoms with Gasteiger partial charge in [0.25, 0.3) is 5.56 Å². The zero-order valence-corrected chi connectivity index (χ0v) is 27.6. The van der Waals surface area contributed by atoms with Crippen molar-refractivity contribution in [3.8, 4) is 17.2 Å². The first-order valence-corrected chi connectivity index (χ1v) is 15.3. The molecule has 0 spiro atoms. The van der Waals surface area contributed by atoms with Gasteiger partial charge in [0.2, 0.25) is 0 Å². The summed E-state index contributed by atoms with van der Waals surface area (Å²) in [6.45, 7) is 18.2. The number of fused-ring (bicyclic) bond motifs is 1. The number of phenolic OH excluding ortho intramolecular Hbond substituents is 1. The van der Waals surface area contributed by atoms with E-state index in [9.17, 15) is 14.7 Å². The minimum absolute atomic E-state index is 0.177. The van der Waals surface area contributed by atoms with Crippen LogP contribution in [0.25, 0.3) is 6.08 Å². The van der Waals surface area contributed by atoms with E-state index in [1.807, 2.05) is 37.3 Å². The Morgan fingerprint density at radius 3 is 2.23 bits per heavy atom. The molecule has 0 amide bonds. The summed E-state index contributed by atoms with van der Waals surface area (Å²) in [5, 5.41) is 11.2. The Bertz CT molecular complexity index is 1730. The molecule has 0 aliphatic carbocycles. The number of carbonyl (C=O) groups is 1. The van der Waals surface area contributed by atoms with Crippen molar-refractivity contribution in [3.63, 3.8) is 0 Å². The highest BCUT2D eigenvalue weighted by Crippen LogP contribution is 2.42. The zero-order valence-electron chi connectivity index (χ0n) is 26.7. The van der Waals surface area contributed by atoms with Crippen molar-refractivity contribution in [1.29, 1.82) is 0 Å². The normalized spacial score (nSPS) is 15.7. The fraction of sp³-hybridized carbons (Fsp3) is 0.441. The summed E-state index contributed by atoms with van der Waals surface area (Å²) in [6.07, 6.45) is 1.84. The van der Waals surface area contributed by atoms with Crippen LogP contribution in [0.1, 0.15) is 90.6 Å². The molecule has 1 aliphatic rings. The summed E-state index contributed by atoms with van der Waals surface area (Å²) in [7, 11) is 1.55. The van der Waals surface area contributed by atoms with Gasteiger partial charge in [0.1, 0.15) is 11.8 Å². The van der Waals surface area contributed by atoms with Crippen LogP contribution in [-0.2, 0) is 20.4 Å². The summed E-state index contributed by atoms with van der Waals surface area (Å²) < 4.78 is 19.1. The highest BCUT2D eigenvalue weighted by atomic mass is 32.1. The first kappa shape index (κ1) is 32.1. The molecule has 1 aliphatic heterocycles. The average molecular weight is 607 g/mol. The number of aromatic hydroxyl groups is 1. The molecular weight excluding hydrogens is 564 g/mol. The Morgan fingerprint density at radius 1 is 1.07 bits per heavy atom. The van der Waals surface area contributed by atoms with Crippen LogP contribution in [0.3, 0.4) is 0 Å². The minimum Gasteiger partial charge on any atom is -0.507 e. The number of nitrogens with zero attached hydrogens (tertiary/aromatic N) is 2. The van der Waals surface area contributed by atoms with E-state index in [2.05, 4.69) is 41.5 Å². The molecule has 1 N–H and O–H groups in total. The fourth-order valence-electron chi connectivity index (χ4n) is 5.33. The predicted octanol–water partition coefficient (Wildman–Crippen LogP) is 5.51. The molecule has 0 bridgehead atoms. The van der Waals surface area contributed by atoms with Crippen molar-refractivity contribution in [1.82, 2.24) is 4.57 Å². The van der Waals surface area contributed by atoms with E-state index < -0.39 is 12.0 Å². The molecule has 1 aromatic heterocycles. The highest BCUT2D eigenvalue weighted by molar-refractivity contribution is 7.07. The molecule has 0 saturated carbocycles. The van der Waals surface area contributed by atoms with E-state index in [1.54, 1.807) is 31.6 Å². The van der Waals surface area contributed by atoms with E-state index >= 15 is 0 Å². The molecule has 0 saturated heterocycles. The van der Waals surface area contributed by atoms with Crippen LogP contribution in [0, 0.1) is 0 Å². The molecule has 0 unspecified atom stereocenters. The van der Waals surface area contributed by atoms with E-state index in [0.717, 1.165) is 16.7 Å². The van der Waals surface area contributed by atoms with Gasteiger partial charge in [0, 0.05) is 16.7 Å². The first-order chi connectivity index (χ1) is 20.1. The molecule has 230 valence electrons. The van der Waals surface area contributed by atoms with Crippen LogP contribution in [0.15, 0.2) is 51.4 Å². The number of para-hydroxylation sites is 1. The highest BCUT2D eigenvalue weighted by Gasteiger charge is 2.36. The van der Waals surface area contributed by atoms with E-state index in [4.69, 9.17) is 19.2 Å². The number of esters is 1. The molecular formula is C34H42N2O6S. The molecule has 1 atom stereocenters. The molecule has 8 nitrogen and oxygen atoms in total. The van der Waals surface area contributed by atoms with Crippen LogP contribution in [0.5, 0.6) is 17.2 Å². The fourth-order valence-corrected chi connectivity index (χ4v) is 6.37. The van der Waals surface area contributed by atoms with Crippen LogP contribution in [-0.4, -0.2) is 36.0 Å². The van der Waals surface area contributed by atoms with Gasteiger partial charge in [-0.05, 0) is 61.4 Å². The summed E-state index contributed by atoms with van der Waals surface area (Å²) in [4.78, 5) is 32.8. The van der Waals surface area contributed by atoms with Gasteiger partial charge in [-0.25, -0.2) is 9.79 Å². The standard InChI is InChI=1S/C34H42N2O6S/c1-11-41-29-21(14-13-15-24(29)40-10)27-26(31(39)42-12-2)19(3)35-32-36(27)30(38)25(43-32)18-20-16-22(33(4,5)6)28(37)23(17-20)34(7,8)9/h13-18,27,37H,11-12H2,1-10H3/t27-/m0/s1. The number of hydrogen-bond donors (Lipinski definition) is 1. The van der Waals surface area contributed by atoms with Crippen molar-refractivity contribution in [2.24, 2.45) is 4.99 Å². The number of aromatic nitrogens is 1. The predicted molar refractivity (Wildman–Crippen MR) is 170 cm³/mol. The second-order valence-corrected chi connectivity index (χ2v) is 13.6. The van der Waals surface area contributed by atoms with E-state index in [1.165, 1.54) is 11.3 Å². The summed E-state index contributed by atoms with van der Waals surface area (Å²) in [5.41, 5.74) is 2.79.